The smallest absolute Gasteiger partial charge is 0.159 e. The Morgan fingerprint density at radius 1 is 1.38 bits per heavy atom. The Kier molecular flexibility index (Phi) is 3.05. The van der Waals surface area contributed by atoms with Gasteiger partial charge in [-0.1, -0.05) is 23.6 Å². The minimum Gasteiger partial charge on any atom is -0.295 e. The summed E-state index contributed by atoms with van der Waals surface area (Å²) in [5, 5.41) is 0. The first-order valence-corrected chi connectivity index (χ1v) is 6.38. The van der Waals surface area contributed by atoms with Gasteiger partial charge in [-0.05, 0) is 57.9 Å². The summed E-state index contributed by atoms with van der Waals surface area (Å²) >= 11 is 0. The SMILES string of the molecule is CC1=CC(=O)[C@@H]2C(C1)C(=C(C)C)CC[C@@H]2C. The van der Waals surface area contributed by atoms with E-state index in [-0.39, 0.29) is 5.92 Å². The average molecular weight is 218 g/mol. The lowest BCUT2D eigenvalue weighted by atomic mass is 9.63. The zero-order valence-electron chi connectivity index (χ0n) is 10.8. The minimum absolute atomic E-state index is 0.266. The molecule has 88 valence electrons. The van der Waals surface area contributed by atoms with Crippen molar-refractivity contribution >= 4 is 5.78 Å². The molecule has 1 saturated carbocycles. The summed E-state index contributed by atoms with van der Waals surface area (Å²) in [5.74, 6) is 1.71. The van der Waals surface area contributed by atoms with E-state index in [1.807, 2.05) is 6.08 Å². The highest BCUT2D eigenvalue weighted by atomic mass is 16.1. The van der Waals surface area contributed by atoms with Gasteiger partial charge < -0.3 is 0 Å². The van der Waals surface area contributed by atoms with Crippen molar-refractivity contribution in [3.05, 3.63) is 22.8 Å². The summed E-state index contributed by atoms with van der Waals surface area (Å²) in [4.78, 5) is 12.1. The maximum Gasteiger partial charge on any atom is 0.159 e. The maximum atomic E-state index is 12.1. The molecule has 1 fully saturated rings. The Bertz CT molecular complexity index is 369. The highest BCUT2D eigenvalue weighted by molar-refractivity contribution is 5.94. The van der Waals surface area contributed by atoms with E-state index in [0.29, 0.717) is 17.6 Å². The summed E-state index contributed by atoms with van der Waals surface area (Å²) in [7, 11) is 0. The molecule has 0 heterocycles. The lowest BCUT2D eigenvalue weighted by Crippen LogP contribution is -2.37. The zero-order valence-corrected chi connectivity index (χ0v) is 10.8. The van der Waals surface area contributed by atoms with Crippen LogP contribution in [0.5, 0.6) is 0 Å². The molecule has 0 aliphatic heterocycles. The zero-order chi connectivity index (χ0) is 11.9. The highest BCUT2D eigenvalue weighted by Gasteiger charge is 2.40. The van der Waals surface area contributed by atoms with Crippen molar-refractivity contribution in [1.29, 1.82) is 0 Å². The lowest BCUT2D eigenvalue weighted by molar-refractivity contribution is -0.122. The van der Waals surface area contributed by atoms with Gasteiger partial charge in [-0.2, -0.15) is 0 Å². The molecule has 3 atom stereocenters. The second-order valence-corrected chi connectivity index (χ2v) is 5.77. The molecule has 2 aliphatic rings. The topological polar surface area (TPSA) is 17.1 Å². The van der Waals surface area contributed by atoms with Crippen LogP contribution in [0.2, 0.25) is 0 Å². The van der Waals surface area contributed by atoms with E-state index >= 15 is 0 Å². The van der Waals surface area contributed by atoms with Crippen molar-refractivity contribution in [1.82, 2.24) is 0 Å². The van der Waals surface area contributed by atoms with E-state index in [1.54, 1.807) is 5.57 Å². The van der Waals surface area contributed by atoms with Gasteiger partial charge in [0.05, 0.1) is 0 Å². The van der Waals surface area contributed by atoms with Crippen LogP contribution in [-0.2, 0) is 4.79 Å². The fraction of sp³-hybridized carbons (Fsp3) is 0.667. The van der Waals surface area contributed by atoms with Crippen LogP contribution in [0.4, 0.5) is 0 Å². The molecule has 0 aromatic heterocycles. The number of carbonyl (C=O) groups is 1. The first-order valence-electron chi connectivity index (χ1n) is 6.38. The molecule has 0 aromatic rings. The van der Waals surface area contributed by atoms with Crippen LogP contribution in [0, 0.1) is 17.8 Å². The fourth-order valence-electron chi connectivity index (χ4n) is 3.46. The van der Waals surface area contributed by atoms with Crippen molar-refractivity contribution in [2.24, 2.45) is 17.8 Å². The molecule has 0 radical (unpaired) electrons. The van der Waals surface area contributed by atoms with Gasteiger partial charge in [-0.15, -0.1) is 0 Å². The van der Waals surface area contributed by atoms with E-state index < -0.39 is 0 Å². The number of hydrogen-bond acceptors (Lipinski definition) is 1. The Morgan fingerprint density at radius 3 is 2.69 bits per heavy atom. The summed E-state index contributed by atoms with van der Waals surface area (Å²) in [6.45, 7) is 8.73. The third kappa shape index (κ3) is 1.88. The van der Waals surface area contributed by atoms with Crippen molar-refractivity contribution < 1.29 is 4.79 Å². The summed E-state index contributed by atoms with van der Waals surface area (Å²) in [6, 6.07) is 0. The van der Waals surface area contributed by atoms with Crippen LogP contribution < -0.4 is 0 Å². The van der Waals surface area contributed by atoms with Gasteiger partial charge in [-0.25, -0.2) is 0 Å². The molecule has 0 bridgehead atoms. The van der Waals surface area contributed by atoms with Gasteiger partial charge in [0.15, 0.2) is 5.78 Å². The second-order valence-electron chi connectivity index (χ2n) is 5.77. The standard InChI is InChI=1S/C15H22O/c1-9(2)12-6-5-11(4)15-13(12)7-10(3)8-14(15)16/h8,11,13,15H,5-7H2,1-4H3/t11-,13?,15-/m0/s1. The number of ketones is 1. The molecule has 0 N–H and O–H groups in total. The maximum absolute atomic E-state index is 12.1. The van der Waals surface area contributed by atoms with E-state index in [2.05, 4.69) is 27.7 Å². The van der Waals surface area contributed by atoms with Gasteiger partial charge in [0.2, 0.25) is 0 Å². The van der Waals surface area contributed by atoms with Gasteiger partial charge in [0.25, 0.3) is 0 Å². The van der Waals surface area contributed by atoms with Crippen LogP contribution in [0.15, 0.2) is 22.8 Å². The number of allylic oxidation sites excluding steroid dienone is 4. The van der Waals surface area contributed by atoms with Gasteiger partial charge in [0, 0.05) is 5.92 Å². The third-order valence-corrected chi connectivity index (χ3v) is 4.26. The first kappa shape index (κ1) is 11.6. The second kappa shape index (κ2) is 4.20. The molecular weight excluding hydrogens is 196 g/mol. The number of fused-ring (bicyclic) bond motifs is 1. The number of rotatable bonds is 0. The van der Waals surface area contributed by atoms with Crippen molar-refractivity contribution in [2.45, 2.75) is 47.0 Å². The number of hydrogen-bond donors (Lipinski definition) is 0. The normalized spacial score (nSPS) is 34.5. The molecule has 0 aromatic carbocycles. The van der Waals surface area contributed by atoms with E-state index in [9.17, 15) is 4.79 Å². The van der Waals surface area contributed by atoms with Gasteiger partial charge >= 0.3 is 0 Å². The quantitative estimate of drug-likeness (QED) is 0.563. The molecular formula is C15H22O. The average Bonchev–Trinajstić information content (AvgIpc) is 2.15. The molecule has 0 amide bonds. The molecule has 0 spiro atoms. The van der Waals surface area contributed by atoms with Crippen molar-refractivity contribution in [3.63, 3.8) is 0 Å². The third-order valence-electron chi connectivity index (χ3n) is 4.26. The van der Waals surface area contributed by atoms with E-state index in [0.717, 1.165) is 6.42 Å². The van der Waals surface area contributed by atoms with Gasteiger partial charge in [0.1, 0.15) is 0 Å². The summed E-state index contributed by atoms with van der Waals surface area (Å²) in [5.41, 5.74) is 4.26. The van der Waals surface area contributed by atoms with Crippen LogP contribution in [0.3, 0.4) is 0 Å². The lowest BCUT2D eigenvalue weighted by Gasteiger charge is -2.40. The number of carbonyl (C=O) groups excluding carboxylic acids is 1. The van der Waals surface area contributed by atoms with E-state index in [1.165, 1.54) is 24.0 Å². The Morgan fingerprint density at radius 2 is 2.06 bits per heavy atom. The largest absolute Gasteiger partial charge is 0.295 e. The van der Waals surface area contributed by atoms with Gasteiger partial charge in [-0.3, -0.25) is 4.79 Å². The van der Waals surface area contributed by atoms with E-state index in [4.69, 9.17) is 0 Å². The van der Waals surface area contributed by atoms with Crippen LogP contribution >= 0.6 is 0 Å². The molecule has 16 heavy (non-hydrogen) atoms. The van der Waals surface area contributed by atoms with Crippen LogP contribution in [0.1, 0.15) is 47.0 Å². The Balaban J connectivity index is 2.40. The summed E-state index contributed by atoms with van der Waals surface area (Å²) < 4.78 is 0. The molecule has 1 heteroatoms. The predicted molar refractivity (Wildman–Crippen MR) is 67.1 cm³/mol. The van der Waals surface area contributed by atoms with Crippen LogP contribution in [0.25, 0.3) is 0 Å². The molecule has 2 rings (SSSR count). The molecule has 1 unspecified atom stereocenters. The monoisotopic (exact) mass is 218 g/mol. The summed E-state index contributed by atoms with van der Waals surface area (Å²) in [6.07, 6.45) is 5.36. The fourth-order valence-corrected chi connectivity index (χ4v) is 3.46. The van der Waals surface area contributed by atoms with Crippen LogP contribution in [-0.4, -0.2) is 5.78 Å². The van der Waals surface area contributed by atoms with Crippen molar-refractivity contribution in [3.8, 4) is 0 Å². The molecule has 2 aliphatic carbocycles. The predicted octanol–water partition coefficient (Wildman–Crippen LogP) is 3.90. The van der Waals surface area contributed by atoms with Crippen molar-refractivity contribution in [2.75, 3.05) is 0 Å². The molecule has 1 nitrogen and oxygen atoms in total. The highest BCUT2D eigenvalue weighted by Crippen LogP contribution is 2.45. The minimum atomic E-state index is 0.266. The first-order chi connectivity index (χ1) is 7.50. The Labute approximate surface area is 98.6 Å². The molecule has 0 saturated heterocycles. The Hall–Kier alpha value is -0.850.